The van der Waals surface area contributed by atoms with Crippen molar-refractivity contribution >= 4 is 45.1 Å². The van der Waals surface area contributed by atoms with Crippen LogP contribution in [0, 0.1) is 13.8 Å². The van der Waals surface area contributed by atoms with Crippen molar-refractivity contribution in [3.05, 3.63) is 80.5 Å². The summed E-state index contributed by atoms with van der Waals surface area (Å²) in [6, 6.07) is 14.4. The lowest BCUT2D eigenvalue weighted by atomic mass is 10.2. The first-order valence-corrected chi connectivity index (χ1v) is 10.1. The third-order valence-electron chi connectivity index (χ3n) is 4.48. The van der Waals surface area contributed by atoms with Crippen LogP contribution in [0.15, 0.2) is 58.0 Å². The van der Waals surface area contributed by atoms with Gasteiger partial charge >= 0.3 is 0 Å². The number of aliphatic imine (C=N–C) groups is 1. The molecule has 1 aromatic heterocycles. The first-order valence-electron chi connectivity index (χ1n) is 8.96. The fraction of sp³-hybridized carbons (Fsp3) is 0.190. The normalized spacial score (nSPS) is 11.4. The molecule has 2 aromatic carbocycles. The smallest absolute Gasteiger partial charge is 0.258 e. The highest BCUT2D eigenvalue weighted by Crippen LogP contribution is 2.16. The quantitative estimate of drug-likeness (QED) is 0.419. The van der Waals surface area contributed by atoms with Crippen molar-refractivity contribution < 1.29 is 4.79 Å². The van der Waals surface area contributed by atoms with Crippen LogP contribution in [0.3, 0.4) is 0 Å². The maximum Gasteiger partial charge on any atom is 0.258 e. The fourth-order valence-electron chi connectivity index (χ4n) is 2.79. The van der Waals surface area contributed by atoms with Gasteiger partial charge in [0.15, 0.2) is 0 Å². The molecule has 0 atom stereocenters. The minimum Gasteiger partial charge on any atom is -0.326 e. The van der Waals surface area contributed by atoms with Gasteiger partial charge in [0, 0.05) is 39.1 Å². The standard InChI is InChI=1S/C21H21BrClN5O/c1-13-19(14(2)28(3)27-13)12-24-21(25-18-9-7-16(22)8-10-18)26-20(29)15-5-4-6-17(23)11-15/h4-11H,12H2,1-3H3,(H2,24,25,26,29). The molecular weight excluding hydrogens is 454 g/mol. The molecule has 0 aliphatic carbocycles. The van der Waals surface area contributed by atoms with E-state index in [1.807, 2.05) is 49.8 Å². The molecule has 0 bridgehead atoms. The van der Waals surface area contributed by atoms with Crippen molar-refractivity contribution in [2.45, 2.75) is 20.4 Å². The lowest BCUT2D eigenvalue weighted by molar-refractivity contribution is 0.0977. The second kappa shape index (κ2) is 9.24. The number of hydrogen-bond acceptors (Lipinski definition) is 3. The van der Waals surface area contributed by atoms with Crippen molar-refractivity contribution in [2.75, 3.05) is 5.32 Å². The molecule has 2 N–H and O–H groups in total. The van der Waals surface area contributed by atoms with E-state index in [2.05, 4.69) is 36.7 Å². The van der Waals surface area contributed by atoms with Crippen LogP contribution in [-0.4, -0.2) is 21.6 Å². The molecule has 0 aliphatic heterocycles. The summed E-state index contributed by atoms with van der Waals surface area (Å²) in [5.41, 5.74) is 4.24. The number of carbonyl (C=O) groups is 1. The summed E-state index contributed by atoms with van der Waals surface area (Å²) in [6.07, 6.45) is 0. The molecular formula is C21H21BrClN5O. The molecule has 150 valence electrons. The average Bonchev–Trinajstić information content (AvgIpc) is 2.93. The zero-order valence-electron chi connectivity index (χ0n) is 16.3. The van der Waals surface area contributed by atoms with E-state index in [0.717, 1.165) is 27.1 Å². The van der Waals surface area contributed by atoms with E-state index in [1.54, 1.807) is 24.3 Å². The maximum absolute atomic E-state index is 12.7. The van der Waals surface area contributed by atoms with Gasteiger partial charge in [-0.05, 0) is 56.3 Å². The predicted molar refractivity (Wildman–Crippen MR) is 121 cm³/mol. The van der Waals surface area contributed by atoms with Crippen molar-refractivity contribution in [1.82, 2.24) is 15.1 Å². The molecule has 3 rings (SSSR count). The number of benzene rings is 2. The molecule has 1 heterocycles. The SMILES string of the molecule is Cc1nn(C)c(C)c1CN=C(NC(=O)c1cccc(Cl)c1)Nc1ccc(Br)cc1. The summed E-state index contributed by atoms with van der Waals surface area (Å²) < 4.78 is 2.79. The van der Waals surface area contributed by atoms with Gasteiger partial charge in [-0.25, -0.2) is 4.99 Å². The molecule has 0 fully saturated rings. The summed E-state index contributed by atoms with van der Waals surface area (Å²) in [5.74, 6) is 0.0513. The van der Waals surface area contributed by atoms with E-state index in [1.165, 1.54) is 0 Å². The van der Waals surface area contributed by atoms with E-state index < -0.39 is 0 Å². The summed E-state index contributed by atoms with van der Waals surface area (Å²) >= 11 is 9.43. The monoisotopic (exact) mass is 473 g/mol. The van der Waals surface area contributed by atoms with Crippen LogP contribution < -0.4 is 10.6 Å². The number of aromatic nitrogens is 2. The van der Waals surface area contributed by atoms with Crippen molar-refractivity contribution in [3.63, 3.8) is 0 Å². The van der Waals surface area contributed by atoms with Gasteiger partial charge in [-0.1, -0.05) is 33.6 Å². The second-order valence-electron chi connectivity index (χ2n) is 6.53. The fourth-order valence-corrected chi connectivity index (χ4v) is 3.25. The second-order valence-corrected chi connectivity index (χ2v) is 7.89. The minimum atomic E-state index is -0.296. The Morgan fingerprint density at radius 2 is 1.93 bits per heavy atom. The third-order valence-corrected chi connectivity index (χ3v) is 5.24. The number of anilines is 1. The largest absolute Gasteiger partial charge is 0.326 e. The van der Waals surface area contributed by atoms with Gasteiger partial charge in [-0.2, -0.15) is 5.10 Å². The van der Waals surface area contributed by atoms with Crippen LogP contribution in [0.1, 0.15) is 27.3 Å². The number of guanidine groups is 1. The summed E-state index contributed by atoms with van der Waals surface area (Å²) in [7, 11) is 1.90. The predicted octanol–water partition coefficient (Wildman–Crippen LogP) is 4.85. The molecule has 0 saturated carbocycles. The number of nitrogens with zero attached hydrogens (tertiary/aromatic N) is 3. The highest BCUT2D eigenvalue weighted by Gasteiger charge is 2.12. The van der Waals surface area contributed by atoms with Gasteiger partial charge in [0.2, 0.25) is 5.96 Å². The number of amides is 1. The number of nitrogens with one attached hydrogen (secondary N) is 2. The summed E-state index contributed by atoms with van der Waals surface area (Å²) in [6.45, 7) is 4.33. The van der Waals surface area contributed by atoms with Crippen LogP contribution in [0.5, 0.6) is 0 Å². The van der Waals surface area contributed by atoms with Gasteiger partial charge in [-0.15, -0.1) is 0 Å². The first kappa shape index (κ1) is 21.1. The summed E-state index contributed by atoms with van der Waals surface area (Å²) in [5, 5.41) is 10.9. The van der Waals surface area contributed by atoms with Gasteiger partial charge in [-0.3, -0.25) is 14.8 Å². The zero-order valence-corrected chi connectivity index (χ0v) is 18.7. The van der Waals surface area contributed by atoms with E-state index in [-0.39, 0.29) is 5.91 Å². The van der Waals surface area contributed by atoms with E-state index in [9.17, 15) is 4.79 Å². The van der Waals surface area contributed by atoms with E-state index in [0.29, 0.717) is 23.1 Å². The van der Waals surface area contributed by atoms with Gasteiger partial charge in [0.1, 0.15) is 0 Å². The molecule has 8 heteroatoms. The van der Waals surface area contributed by atoms with Crippen LogP contribution in [-0.2, 0) is 13.6 Å². The first-order chi connectivity index (χ1) is 13.8. The molecule has 0 unspecified atom stereocenters. The van der Waals surface area contributed by atoms with Crippen molar-refractivity contribution in [1.29, 1.82) is 0 Å². The molecule has 1 amide bonds. The topological polar surface area (TPSA) is 71.3 Å². The Morgan fingerprint density at radius 3 is 2.55 bits per heavy atom. The number of carbonyl (C=O) groups excluding carboxylic acids is 1. The van der Waals surface area contributed by atoms with Crippen molar-refractivity contribution in [2.24, 2.45) is 12.0 Å². The van der Waals surface area contributed by atoms with Crippen LogP contribution >= 0.6 is 27.5 Å². The van der Waals surface area contributed by atoms with Gasteiger partial charge in [0.05, 0.1) is 12.2 Å². The molecule has 3 aromatic rings. The lowest BCUT2D eigenvalue weighted by Crippen LogP contribution is -2.36. The van der Waals surface area contributed by atoms with E-state index >= 15 is 0 Å². The minimum absolute atomic E-state index is 0.296. The zero-order chi connectivity index (χ0) is 21.0. The maximum atomic E-state index is 12.7. The van der Waals surface area contributed by atoms with Crippen molar-refractivity contribution in [3.8, 4) is 0 Å². The Hall–Kier alpha value is -2.64. The van der Waals surface area contributed by atoms with Crippen LogP contribution in [0.2, 0.25) is 5.02 Å². The van der Waals surface area contributed by atoms with Gasteiger partial charge < -0.3 is 5.32 Å². The molecule has 6 nitrogen and oxygen atoms in total. The Labute approximate surface area is 183 Å². The number of aryl methyl sites for hydroxylation is 2. The Kier molecular flexibility index (Phi) is 6.71. The Morgan fingerprint density at radius 1 is 1.21 bits per heavy atom. The number of halogens is 2. The molecule has 0 saturated heterocycles. The highest BCUT2D eigenvalue weighted by molar-refractivity contribution is 9.10. The van der Waals surface area contributed by atoms with Crippen LogP contribution in [0.25, 0.3) is 0 Å². The third kappa shape index (κ3) is 5.46. The number of hydrogen-bond donors (Lipinski definition) is 2. The highest BCUT2D eigenvalue weighted by atomic mass is 79.9. The molecule has 0 aliphatic rings. The van der Waals surface area contributed by atoms with Crippen LogP contribution in [0.4, 0.5) is 5.69 Å². The molecule has 0 radical (unpaired) electrons. The molecule has 0 spiro atoms. The average molecular weight is 475 g/mol. The molecule has 29 heavy (non-hydrogen) atoms. The van der Waals surface area contributed by atoms with Gasteiger partial charge in [0.25, 0.3) is 5.91 Å². The number of rotatable bonds is 4. The summed E-state index contributed by atoms with van der Waals surface area (Å²) in [4.78, 5) is 17.3. The Balaban J connectivity index is 1.86. The van der Waals surface area contributed by atoms with E-state index in [4.69, 9.17) is 11.6 Å². The Bertz CT molecular complexity index is 1060. The lowest BCUT2D eigenvalue weighted by Gasteiger charge is -2.12.